The number of aromatic nitrogens is 5. The summed E-state index contributed by atoms with van der Waals surface area (Å²) >= 11 is 1.79. The number of thioether (sulfide) groups is 1. The van der Waals surface area contributed by atoms with Gasteiger partial charge in [-0.25, -0.2) is 4.98 Å². The second kappa shape index (κ2) is 5.12. The Balaban J connectivity index is 1.63. The first-order valence-corrected chi connectivity index (χ1v) is 9.27. The van der Waals surface area contributed by atoms with Gasteiger partial charge in [-0.15, -0.1) is 5.10 Å². The number of dihydropyridines is 1. The van der Waals surface area contributed by atoms with Crippen molar-refractivity contribution < 1.29 is 0 Å². The molecule has 23 heavy (non-hydrogen) atoms. The van der Waals surface area contributed by atoms with Crippen LogP contribution in [0.1, 0.15) is 57.1 Å². The van der Waals surface area contributed by atoms with Gasteiger partial charge >= 0.3 is 0 Å². The first-order valence-electron chi connectivity index (χ1n) is 8.39. The summed E-state index contributed by atoms with van der Waals surface area (Å²) < 4.78 is 1.66. The van der Waals surface area contributed by atoms with Crippen LogP contribution in [0.15, 0.2) is 27.4 Å². The Labute approximate surface area is 138 Å². The van der Waals surface area contributed by atoms with E-state index in [9.17, 15) is 0 Å². The molecule has 0 amide bonds. The van der Waals surface area contributed by atoms with E-state index in [0.29, 0.717) is 5.92 Å². The molecule has 2 aliphatic heterocycles. The average molecular weight is 326 g/mol. The van der Waals surface area contributed by atoms with E-state index < -0.39 is 0 Å². The molecule has 4 heterocycles. The normalized spacial score (nSPS) is 25.5. The van der Waals surface area contributed by atoms with Gasteiger partial charge in [0.15, 0.2) is 5.65 Å². The SMILES string of the molecule is CCCCC1=N[C@@H]2Sc3c(ncn4nnnc34)[C@@H]2C2=C1CCC2. The third-order valence-electron chi connectivity index (χ3n) is 5.09. The van der Waals surface area contributed by atoms with Crippen molar-refractivity contribution in [1.29, 1.82) is 0 Å². The molecule has 118 valence electrons. The lowest BCUT2D eigenvalue weighted by atomic mass is 9.87. The molecule has 3 aliphatic rings. The molecule has 0 bridgehead atoms. The Morgan fingerprint density at radius 1 is 1.35 bits per heavy atom. The van der Waals surface area contributed by atoms with Crippen molar-refractivity contribution in [3.05, 3.63) is 23.2 Å². The highest BCUT2D eigenvalue weighted by atomic mass is 32.2. The quantitative estimate of drug-likeness (QED) is 0.866. The molecule has 0 unspecified atom stereocenters. The molecule has 0 radical (unpaired) electrons. The average Bonchev–Trinajstić information content (AvgIpc) is 3.27. The van der Waals surface area contributed by atoms with Crippen LogP contribution in [-0.4, -0.2) is 36.1 Å². The molecule has 0 saturated carbocycles. The van der Waals surface area contributed by atoms with E-state index in [1.54, 1.807) is 28.2 Å². The van der Waals surface area contributed by atoms with Crippen LogP contribution in [0.4, 0.5) is 0 Å². The molecule has 0 aromatic carbocycles. The molecule has 0 spiro atoms. The van der Waals surface area contributed by atoms with E-state index >= 15 is 0 Å². The maximum Gasteiger partial charge on any atom is 0.196 e. The second-order valence-corrected chi connectivity index (χ2v) is 7.56. The zero-order valence-corrected chi connectivity index (χ0v) is 13.9. The van der Waals surface area contributed by atoms with Crippen LogP contribution in [0.5, 0.6) is 0 Å². The van der Waals surface area contributed by atoms with Crippen molar-refractivity contribution in [2.45, 2.75) is 61.6 Å². The number of rotatable bonds is 3. The van der Waals surface area contributed by atoms with Gasteiger partial charge in [-0.3, -0.25) is 4.99 Å². The third-order valence-corrected chi connectivity index (χ3v) is 6.33. The van der Waals surface area contributed by atoms with Crippen molar-refractivity contribution >= 4 is 23.1 Å². The van der Waals surface area contributed by atoms with Crippen molar-refractivity contribution in [3.8, 4) is 0 Å². The lowest BCUT2D eigenvalue weighted by molar-refractivity contribution is 0.689. The van der Waals surface area contributed by atoms with Crippen molar-refractivity contribution in [2.24, 2.45) is 4.99 Å². The molecular weight excluding hydrogens is 308 g/mol. The summed E-state index contributed by atoms with van der Waals surface area (Å²) in [4.78, 5) is 10.9. The molecular formula is C16H18N6S. The van der Waals surface area contributed by atoms with Gasteiger partial charge in [-0.2, -0.15) is 4.52 Å². The minimum atomic E-state index is 0.226. The Morgan fingerprint density at radius 2 is 2.30 bits per heavy atom. The van der Waals surface area contributed by atoms with Crippen LogP contribution in [0, 0.1) is 0 Å². The van der Waals surface area contributed by atoms with Gasteiger partial charge in [0, 0.05) is 5.71 Å². The van der Waals surface area contributed by atoms with Gasteiger partial charge in [0.05, 0.1) is 16.5 Å². The molecule has 2 atom stereocenters. The van der Waals surface area contributed by atoms with Crippen LogP contribution >= 0.6 is 11.8 Å². The molecule has 0 saturated heterocycles. The summed E-state index contributed by atoms with van der Waals surface area (Å²) in [6, 6.07) is 0. The minimum absolute atomic E-state index is 0.226. The number of tetrazole rings is 1. The molecule has 6 nitrogen and oxygen atoms in total. The predicted octanol–water partition coefficient (Wildman–Crippen LogP) is 3.16. The molecule has 1 aliphatic carbocycles. The second-order valence-electron chi connectivity index (χ2n) is 6.43. The van der Waals surface area contributed by atoms with E-state index in [-0.39, 0.29) is 5.37 Å². The Kier molecular flexibility index (Phi) is 3.04. The van der Waals surface area contributed by atoms with Crippen molar-refractivity contribution in [2.75, 3.05) is 0 Å². The van der Waals surface area contributed by atoms with Crippen LogP contribution < -0.4 is 0 Å². The highest BCUT2D eigenvalue weighted by molar-refractivity contribution is 8.00. The molecule has 2 aromatic rings. The van der Waals surface area contributed by atoms with Gasteiger partial charge in [0.1, 0.15) is 11.7 Å². The van der Waals surface area contributed by atoms with E-state index in [4.69, 9.17) is 4.99 Å². The Hall–Kier alpha value is -1.76. The summed E-state index contributed by atoms with van der Waals surface area (Å²) in [6.45, 7) is 2.25. The third kappa shape index (κ3) is 1.92. The van der Waals surface area contributed by atoms with Crippen molar-refractivity contribution in [3.63, 3.8) is 0 Å². The molecule has 0 fully saturated rings. The molecule has 5 rings (SSSR count). The summed E-state index contributed by atoms with van der Waals surface area (Å²) in [5, 5.41) is 12.2. The van der Waals surface area contributed by atoms with Gasteiger partial charge in [-0.1, -0.05) is 30.7 Å². The summed E-state index contributed by atoms with van der Waals surface area (Å²) in [5.41, 5.74) is 6.44. The number of fused-ring (bicyclic) bond motifs is 6. The monoisotopic (exact) mass is 326 g/mol. The first kappa shape index (κ1) is 13.7. The zero-order chi connectivity index (χ0) is 15.4. The van der Waals surface area contributed by atoms with Gasteiger partial charge in [0.25, 0.3) is 0 Å². The Morgan fingerprint density at radius 3 is 3.22 bits per heavy atom. The smallest absolute Gasteiger partial charge is 0.196 e. The largest absolute Gasteiger partial charge is 0.274 e. The first-order chi connectivity index (χ1) is 11.4. The number of hydrogen-bond acceptors (Lipinski definition) is 6. The van der Waals surface area contributed by atoms with Crippen LogP contribution in [0.3, 0.4) is 0 Å². The molecule has 7 heteroatoms. The number of unbranched alkanes of at least 4 members (excludes halogenated alkanes) is 1. The fraction of sp³-hybridized carbons (Fsp3) is 0.562. The Bertz CT molecular complexity index is 851. The van der Waals surface area contributed by atoms with E-state index in [2.05, 4.69) is 27.4 Å². The van der Waals surface area contributed by atoms with Crippen molar-refractivity contribution in [1.82, 2.24) is 25.0 Å². The maximum atomic E-state index is 5.13. The molecule has 2 aromatic heterocycles. The van der Waals surface area contributed by atoms with E-state index in [0.717, 1.165) is 22.7 Å². The number of hydrogen-bond donors (Lipinski definition) is 0. The zero-order valence-electron chi connectivity index (χ0n) is 13.1. The number of aliphatic imine (C=N–C) groups is 1. The van der Waals surface area contributed by atoms with Crippen LogP contribution in [0.2, 0.25) is 0 Å². The van der Waals surface area contributed by atoms with E-state index in [1.807, 2.05) is 0 Å². The highest BCUT2D eigenvalue weighted by Crippen LogP contribution is 2.55. The van der Waals surface area contributed by atoms with E-state index in [1.165, 1.54) is 43.4 Å². The fourth-order valence-electron chi connectivity index (χ4n) is 4.04. The molecule has 0 N–H and O–H groups in total. The standard InChI is InChI=1S/C16H18N6S/c1-2-3-7-11-9-5-4-6-10(9)12-13-14(23-16(12)18-11)15-19-20-21-22(15)8-17-13/h8,12,16H,2-7H2,1H3/t12-,16+/m0/s1. The van der Waals surface area contributed by atoms with Crippen LogP contribution in [-0.2, 0) is 0 Å². The van der Waals surface area contributed by atoms with Gasteiger partial charge in [-0.05, 0) is 48.1 Å². The van der Waals surface area contributed by atoms with Gasteiger partial charge < -0.3 is 0 Å². The fourth-order valence-corrected chi connectivity index (χ4v) is 5.43. The number of allylic oxidation sites excluding steroid dienone is 1. The lowest BCUT2D eigenvalue weighted by Gasteiger charge is -2.26. The lowest BCUT2D eigenvalue weighted by Crippen LogP contribution is -2.21. The van der Waals surface area contributed by atoms with Gasteiger partial charge in [0.2, 0.25) is 0 Å². The van der Waals surface area contributed by atoms with Crippen LogP contribution in [0.25, 0.3) is 5.65 Å². The summed E-state index contributed by atoms with van der Waals surface area (Å²) in [5.74, 6) is 0.333. The number of nitrogens with zero attached hydrogens (tertiary/aromatic N) is 6. The summed E-state index contributed by atoms with van der Waals surface area (Å²) in [7, 11) is 0. The maximum absolute atomic E-state index is 5.13. The summed E-state index contributed by atoms with van der Waals surface area (Å²) in [6.07, 6.45) is 8.94. The topological polar surface area (TPSA) is 68.3 Å². The predicted molar refractivity (Wildman–Crippen MR) is 88.8 cm³/mol. The highest BCUT2D eigenvalue weighted by Gasteiger charge is 2.44. The minimum Gasteiger partial charge on any atom is -0.274 e.